The largest absolute Gasteiger partial charge is 0.326 e. The molecule has 0 bridgehead atoms. The Morgan fingerprint density at radius 1 is 1.10 bits per heavy atom. The van der Waals surface area contributed by atoms with E-state index in [1.807, 2.05) is 61.5 Å². The number of thioether (sulfide) groups is 1. The quantitative estimate of drug-likeness (QED) is 0.625. The van der Waals surface area contributed by atoms with Crippen LogP contribution in [-0.4, -0.2) is 17.6 Å². The maximum Gasteiger partial charge on any atom is 0.238 e. The smallest absolute Gasteiger partial charge is 0.238 e. The number of hydrogen-bond donors (Lipinski definition) is 1. The van der Waals surface area contributed by atoms with Crippen LogP contribution in [0.3, 0.4) is 0 Å². The highest BCUT2D eigenvalue weighted by Crippen LogP contribution is 2.43. The van der Waals surface area contributed by atoms with Gasteiger partial charge in [0.1, 0.15) is 11.2 Å². The molecule has 0 spiro atoms. The Hall–Kier alpha value is -3.12. The minimum Gasteiger partial charge on any atom is -0.326 e. The fraction of sp³-hybridized carbons (Fsp3) is 0.167. The molecule has 1 heterocycles. The average molecular weight is 421 g/mol. The normalized spacial score (nSPS) is 16.0. The Bertz CT molecular complexity index is 1070. The maximum atomic E-state index is 14.4. The number of nitrogens with zero attached hydrogens (tertiary/aromatic N) is 1. The zero-order chi connectivity index (χ0) is 21.1. The monoisotopic (exact) mass is 420 g/mol. The summed E-state index contributed by atoms with van der Waals surface area (Å²) in [5, 5.41) is 2.59. The molecule has 30 heavy (non-hydrogen) atoms. The molecule has 1 N–H and O–H groups in total. The Kier molecular flexibility index (Phi) is 5.86. The predicted octanol–water partition coefficient (Wildman–Crippen LogP) is 5.09. The van der Waals surface area contributed by atoms with Crippen LogP contribution in [0, 0.1) is 12.7 Å². The van der Waals surface area contributed by atoms with Crippen molar-refractivity contribution in [3.63, 3.8) is 0 Å². The minimum atomic E-state index is -0.411. The first kappa shape index (κ1) is 20.2. The molecule has 0 aliphatic carbocycles. The van der Waals surface area contributed by atoms with Gasteiger partial charge in [-0.15, -0.1) is 11.8 Å². The second kappa shape index (κ2) is 8.71. The van der Waals surface area contributed by atoms with Crippen molar-refractivity contribution in [3.8, 4) is 0 Å². The number of carbonyl (C=O) groups excluding carboxylic acids is 2. The number of hydrogen-bond acceptors (Lipinski definition) is 3. The van der Waals surface area contributed by atoms with Gasteiger partial charge in [-0.2, -0.15) is 0 Å². The molecule has 1 atom stereocenters. The molecule has 0 aromatic heterocycles. The summed E-state index contributed by atoms with van der Waals surface area (Å²) in [6.45, 7) is 1.87. The standard InChI is InChI=1S/C24H21FN2O2S/c1-16-7-12-20(25)21(13-16)27-23(29)15-30-24(27)18-8-10-19(11-9-18)26-22(28)14-17-5-3-2-4-6-17/h2-13,24H,14-15H2,1H3,(H,26,28). The molecule has 4 rings (SSSR count). The van der Waals surface area contributed by atoms with E-state index < -0.39 is 5.82 Å². The van der Waals surface area contributed by atoms with Crippen molar-refractivity contribution in [1.29, 1.82) is 0 Å². The zero-order valence-corrected chi connectivity index (χ0v) is 17.3. The lowest BCUT2D eigenvalue weighted by molar-refractivity contribution is -0.116. The molecule has 3 aromatic rings. The van der Waals surface area contributed by atoms with Gasteiger partial charge in [0.2, 0.25) is 11.8 Å². The third kappa shape index (κ3) is 4.39. The van der Waals surface area contributed by atoms with E-state index >= 15 is 0 Å². The van der Waals surface area contributed by atoms with Crippen LogP contribution < -0.4 is 10.2 Å². The number of anilines is 2. The summed E-state index contributed by atoms with van der Waals surface area (Å²) in [6.07, 6.45) is 0.302. The lowest BCUT2D eigenvalue weighted by atomic mass is 10.1. The highest BCUT2D eigenvalue weighted by atomic mass is 32.2. The number of amides is 2. The molecule has 6 heteroatoms. The van der Waals surface area contributed by atoms with Crippen molar-refractivity contribution in [2.75, 3.05) is 16.0 Å². The summed E-state index contributed by atoms with van der Waals surface area (Å²) in [7, 11) is 0. The van der Waals surface area contributed by atoms with Crippen molar-refractivity contribution >= 4 is 35.0 Å². The van der Waals surface area contributed by atoms with E-state index in [0.717, 1.165) is 16.7 Å². The van der Waals surface area contributed by atoms with Crippen molar-refractivity contribution in [1.82, 2.24) is 0 Å². The Labute approximate surface area is 179 Å². The molecule has 0 radical (unpaired) electrons. The molecule has 1 unspecified atom stereocenters. The van der Waals surface area contributed by atoms with Gasteiger partial charge >= 0.3 is 0 Å². The predicted molar refractivity (Wildman–Crippen MR) is 119 cm³/mol. The maximum absolute atomic E-state index is 14.4. The number of aryl methyl sites for hydroxylation is 1. The third-order valence-electron chi connectivity index (χ3n) is 4.92. The highest BCUT2D eigenvalue weighted by molar-refractivity contribution is 8.00. The van der Waals surface area contributed by atoms with E-state index in [1.165, 1.54) is 22.7 Å². The van der Waals surface area contributed by atoms with Crippen LogP contribution in [0.5, 0.6) is 0 Å². The third-order valence-corrected chi connectivity index (χ3v) is 6.13. The fourth-order valence-electron chi connectivity index (χ4n) is 3.46. The molecule has 1 fully saturated rings. The van der Waals surface area contributed by atoms with Crippen LogP contribution in [0.1, 0.15) is 22.1 Å². The first-order chi connectivity index (χ1) is 14.5. The van der Waals surface area contributed by atoms with E-state index in [2.05, 4.69) is 5.32 Å². The molecule has 2 amide bonds. The second-order valence-corrected chi connectivity index (χ2v) is 8.28. The van der Waals surface area contributed by atoms with Gasteiger partial charge in [0.25, 0.3) is 0 Å². The molecule has 152 valence electrons. The van der Waals surface area contributed by atoms with E-state index in [4.69, 9.17) is 0 Å². The summed E-state index contributed by atoms with van der Waals surface area (Å²) >= 11 is 1.46. The number of halogens is 1. The number of nitrogens with one attached hydrogen (secondary N) is 1. The molecule has 3 aromatic carbocycles. The van der Waals surface area contributed by atoms with Gasteiger partial charge in [0.15, 0.2) is 0 Å². The summed E-state index contributed by atoms with van der Waals surface area (Å²) in [5.74, 6) is -0.322. The lowest BCUT2D eigenvalue weighted by Crippen LogP contribution is -2.28. The van der Waals surface area contributed by atoms with E-state index in [1.54, 1.807) is 12.1 Å². The summed E-state index contributed by atoms with van der Waals surface area (Å²) in [6, 6.07) is 21.7. The molecule has 1 saturated heterocycles. The fourth-order valence-corrected chi connectivity index (χ4v) is 4.63. The van der Waals surface area contributed by atoms with E-state index in [-0.39, 0.29) is 17.2 Å². The number of rotatable bonds is 5. The van der Waals surface area contributed by atoms with Crippen molar-refractivity contribution < 1.29 is 14.0 Å². The Morgan fingerprint density at radius 2 is 1.83 bits per heavy atom. The highest BCUT2D eigenvalue weighted by Gasteiger charge is 2.35. The van der Waals surface area contributed by atoms with Crippen LogP contribution in [-0.2, 0) is 16.0 Å². The molecule has 1 aliphatic heterocycles. The Morgan fingerprint density at radius 3 is 2.57 bits per heavy atom. The molecular weight excluding hydrogens is 399 g/mol. The molecule has 0 saturated carbocycles. The first-order valence-electron chi connectivity index (χ1n) is 9.65. The van der Waals surface area contributed by atoms with Gasteiger partial charge in [-0.3, -0.25) is 14.5 Å². The second-order valence-electron chi connectivity index (χ2n) is 7.21. The van der Waals surface area contributed by atoms with E-state index in [9.17, 15) is 14.0 Å². The summed E-state index contributed by atoms with van der Waals surface area (Å²) in [4.78, 5) is 26.3. The minimum absolute atomic E-state index is 0.0946. The van der Waals surface area contributed by atoms with Crippen molar-refractivity contribution in [2.45, 2.75) is 18.7 Å². The zero-order valence-electron chi connectivity index (χ0n) is 16.5. The molecular formula is C24H21FN2O2S. The van der Waals surface area contributed by atoms with Crippen LogP contribution in [0.4, 0.5) is 15.8 Å². The van der Waals surface area contributed by atoms with Gasteiger partial charge in [0, 0.05) is 5.69 Å². The number of carbonyl (C=O) groups is 2. The molecule has 1 aliphatic rings. The average Bonchev–Trinajstić information content (AvgIpc) is 3.12. The van der Waals surface area contributed by atoms with Gasteiger partial charge in [-0.1, -0.05) is 48.5 Å². The van der Waals surface area contributed by atoms with Crippen molar-refractivity contribution in [3.05, 3.63) is 95.3 Å². The van der Waals surface area contributed by atoms with Gasteiger partial charge in [-0.25, -0.2) is 4.39 Å². The van der Waals surface area contributed by atoms with Crippen LogP contribution >= 0.6 is 11.8 Å². The van der Waals surface area contributed by atoms with Gasteiger partial charge < -0.3 is 5.32 Å². The van der Waals surface area contributed by atoms with Crippen LogP contribution in [0.15, 0.2) is 72.8 Å². The first-order valence-corrected chi connectivity index (χ1v) is 10.7. The van der Waals surface area contributed by atoms with Gasteiger partial charge in [-0.05, 0) is 47.9 Å². The lowest BCUT2D eigenvalue weighted by Gasteiger charge is -2.25. The van der Waals surface area contributed by atoms with Crippen molar-refractivity contribution in [2.24, 2.45) is 0 Å². The SMILES string of the molecule is Cc1ccc(F)c(N2C(=O)CSC2c2ccc(NC(=O)Cc3ccccc3)cc2)c1. The topological polar surface area (TPSA) is 49.4 Å². The summed E-state index contributed by atoms with van der Waals surface area (Å²) < 4.78 is 14.4. The Balaban J connectivity index is 1.49. The molecule has 4 nitrogen and oxygen atoms in total. The van der Waals surface area contributed by atoms with Gasteiger partial charge in [0.05, 0.1) is 17.9 Å². The summed E-state index contributed by atoms with van der Waals surface area (Å²) in [5.41, 5.74) is 3.71. The van der Waals surface area contributed by atoms with Crippen LogP contribution in [0.25, 0.3) is 0 Å². The number of benzene rings is 3. The van der Waals surface area contributed by atoms with E-state index in [0.29, 0.717) is 23.5 Å². The van der Waals surface area contributed by atoms with Crippen LogP contribution in [0.2, 0.25) is 0 Å².